The van der Waals surface area contributed by atoms with Crippen molar-refractivity contribution in [2.75, 3.05) is 10.8 Å². The quantitative estimate of drug-likeness (QED) is 0.766. The van der Waals surface area contributed by atoms with Gasteiger partial charge >= 0.3 is 0 Å². The molecule has 0 N–H and O–H groups in total. The van der Waals surface area contributed by atoms with Crippen LogP contribution in [-0.2, 0) is 16.4 Å². The fourth-order valence-electron chi connectivity index (χ4n) is 2.75. The summed E-state index contributed by atoms with van der Waals surface area (Å²) in [6, 6.07) is 7.63. The average molecular weight is 367 g/mol. The van der Waals surface area contributed by atoms with E-state index in [-0.39, 0.29) is 4.90 Å². The Hall–Kier alpha value is -1.40. The average Bonchev–Trinajstić information content (AvgIpc) is 2.84. The highest BCUT2D eigenvalue weighted by Gasteiger charge is 2.33. The van der Waals surface area contributed by atoms with E-state index in [9.17, 15) is 8.42 Å². The lowest BCUT2D eigenvalue weighted by atomic mass is 10.1. The number of hydrogen-bond donors (Lipinski definition) is 0. The highest BCUT2D eigenvalue weighted by molar-refractivity contribution is 9.10. The van der Waals surface area contributed by atoms with Crippen LogP contribution in [0.2, 0.25) is 0 Å². The Kier molecular flexibility index (Phi) is 3.53. The molecule has 1 aliphatic rings. The third kappa shape index (κ3) is 2.36. The summed E-state index contributed by atoms with van der Waals surface area (Å²) in [5.41, 5.74) is 3.58. The van der Waals surface area contributed by atoms with Gasteiger partial charge in [-0.05, 0) is 59.0 Å². The molecule has 3 rings (SSSR count). The molecule has 2 aromatic rings. The lowest BCUT2D eigenvalue weighted by Crippen LogP contribution is -2.30. The second-order valence-corrected chi connectivity index (χ2v) is 7.83. The van der Waals surface area contributed by atoms with Gasteiger partial charge in [0.05, 0.1) is 5.69 Å². The van der Waals surface area contributed by atoms with Crippen LogP contribution in [0.3, 0.4) is 0 Å². The zero-order chi connectivity index (χ0) is 15.2. The molecule has 0 radical (unpaired) electrons. The molecule has 0 amide bonds. The van der Waals surface area contributed by atoms with E-state index in [1.54, 1.807) is 13.0 Å². The van der Waals surface area contributed by atoms with Gasteiger partial charge in [0.25, 0.3) is 10.0 Å². The van der Waals surface area contributed by atoms with E-state index in [4.69, 9.17) is 0 Å². The molecule has 2 heterocycles. The molecule has 1 aromatic carbocycles. The molecular formula is C15H15BrN2O2S. The number of anilines is 1. The van der Waals surface area contributed by atoms with Gasteiger partial charge in [0.15, 0.2) is 0 Å². The van der Waals surface area contributed by atoms with Crippen LogP contribution in [0.4, 0.5) is 5.69 Å². The molecule has 0 fully saturated rings. The van der Waals surface area contributed by atoms with Crippen LogP contribution in [0.15, 0.2) is 40.0 Å². The number of fused-ring (bicyclic) bond motifs is 1. The molecule has 4 nitrogen and oxygen atoms in total. The number of benzene rings is 1. The summed E-state index contributed by atoms with van der Waals surface area (Å²) in [5.74, 6) is 0. The molecule has 0 bridgehead atoms. The van der Waals surface area contributed by atoms with Gasteiger partial charge in [-0.15, -0.1) is 0 Å². The molecule has 0 spiro atoms. The molecule has 110 valence electrons. The van der Waals surface area contributed by atoms with Crippen molar-refractivity contribution in [2.24, 2.45) is 0 Å². The van der Waals surface area contributed by atoms with Crippen molar-refractivity contribution in [3.8, 4) is 0 Å². The number of pyridine rings is 1. The van der Waals surface area contributed by atoms with Gasteiger partial charge in [0.1, 0.15) is 9.50 Å². The number of sulfonamides is 1. The van der Waals surface area contributed by atoms with Crippen molar-refractivity contribution >= 4 is 31.6 Å². The van der Waals surface area contributed by atoms with Crippen molar-refractivity contribution < 1.29 is 8.42 Å². The fourth-order valence-corrected chi connectivity index (χ4v) is 4.92. The second-order valence-electron chi connectivity index (χ2n) is 5.18. The van der Waals surface area contributed by atoms with Crippen molar-refractivity contribution in [3.63, 3.8) is 0 Å². The zero-order valence-corrected chi connectivity index (χ0v) is 14.2. The predicted octanol–water partition coefficient (Wildman–Crippen LogP) is 3.21. The van der Waals surface area contributed by atoms with Crippen molar-refractivity contribution in [3.05, 3.63) is 51.8 Å². The lowest BCUT2D eigenvalue weighted by molar-refractivity contribution is 0.591. The first-order chi connectivity index (χ1) is 9.91. The van der Waals surface area contributed by atoms with E-state index in [1.807, 2.05) is 25.1 Å². The number of hydrogen-bond acceptors (Lipinski definition) is 3. The Bertz CT molecular complexity index is 818. The molecule has 21 heavy (non-hydrogen) atoms. The normalized spacial score (nSPS) is 14.3. The Morgan fingerprint density at radius 3 is 2.71 bits per heavy atom. The molecule has 0 saturated heterocycles. The highest BCUT2D eigenvalue weighted by atomic mass is 79.9. The Morgan fingerprint density at radius 1 is 1.24 bits per heavy atom. The number of para-hydroxylation sites is 1. The van der Waals surface area contributed by atoms with Crippen LogP contribution >= 0.6 is 15.9 Å². The monoisotopic (exact) mass is 366 g/mol. The van der Waals surface area contributed by atoms with Gasteiger partial charge in [0, 0.05) is 12.7 Å². The Morgan fingerprint density at radius 2 is 2.00 bits per heavy atom. The zero-order valence-electron chi connectivity index (χ0n) is 11.8. The largest absolute Gasteiger partial charge is 0.266 e. The molecule has 0 aliphatic carbocycles. The summed E-state index contributed by atoms with van der Waals surface area (Å²) in [4.78, 5) is 4.33. The van der Waals surface area contributed by atoms with Gasteiger partial charge in [-0.3, -0.25) is 4.31 Å². The highest BCUT2D eigenvalue weighted by Crippen LogP contribution is 2.36. The standard InChI is InChI=1S/C15H15BrN2O2S/c1-10-4-3-5-12-6-7-18(15(10)12)21(19,20)13-9-17-14(16)8-11(13)2/h3-5,8-9H,6-7H2,1-2H3. The van der Waals surface area contributed by atoms with Crippen molar-refractivity contribution in [1.29, 1.82) is 0 Å². The van der Waals surface area contributed by atoms with E-state index in [2.05, 4.69) is 20.9 Å². The van der Waals surface area contributed by atoms with Crippen molar-refractivity contribution in [2.45, 2.75) is 25.2 Å². The predicted molar refractivity (Wildman–Crippen MR) is 86.1 cm³/mol. The SMILES string of the molecule is Cc1cc(Br)ncc1S(=O)(=O)N1CCc2cccc(C)c21. The first-order valence-corrected chi connectivity index (χ1v) is 8.88. The molecule has 0 saturated carbocycles. The number of aryl methyl sites for hydroxylation is 2. The van der Waals surface area contributed by atoms with Gasteiger partial charge in [-0.25, -0.2) is 13.4 Å². The van der Waals surface area contributed by atoms with E-state index < -0.39 is 10.0 Å². The Balaban J connectivity index is 2.14. The first-order valence-electron chi connectivity index (χ1n) is 6.64. The van der Waals surface area contributed by atoms with Gasteiger partial charge in [-0.1, -0.05) is 18.2 Å². The maximum Gasteiger partial charge on any atom is 0.266 e. The number of aromatic nitrogens is 1. The van der Waals surface area contributed by atoms with Crippen LogP contribution in [-0.4, -0.2) is 19.9 Å². The van der Waals surface area contributed by atoms with Crippen molar-refractivity contribution in [1.82, 2.24) is 4.98 Å². The summed E-state index contributed by atoms with van der Waals surface area (Å²) < 4.78 is 28.0. The molecule has 1 aromatic heterocycles. The van der Waals surface area contributed by atoms with Crippen LogP contribution in [0.25, 0.3) is 0 Å². The summed E-state index contributed by atoms with van der Waals surface area (Å²) in [6.45, 7) is 4.21. The van der Waals surface area contributed by atoms with E-state index in [1.165, 1.54) is 10.5 Å². The van der Waals surface area contributed by atoms with Crippen LogP contribution in [0.5, 0.6) is 0 Å². The number of nitrogens with zero attached hydrogens (tertiary/aromatic N) is 2. The van der Waals surface area contributed by atoms with Gasteiger partial charge in [-0.2, -0.15) is 0 Å². The smallest absolute Gasteiger partial charge is 0.265 e. The molecule has 0 unspecified atom stereocenters. The van der Waals surface area contributed by atoms with Gasteiger partial charge in [0.2, 0.25) is 0 Å². The minimum atomic E-state index is -3.57. The van der Waals surface area contributed by atoms with Crippen LogP contribution in [0.1, 0.15) is 16.7 Å². The van der Waals surface area contributed by atoms with Crippen LogP contribution in [0, 0.1) is 13.8 Å². The number of halogens is 1. The third-order valence-electron chi connectivity index (χ3n) is 3.75. The maximum atomic E-state index is 13.0. The minimum Gasteiger partial charge on any atom is -0.265 e. The maximum absolute atomic E-state index is 13.0. The Labute approximate surface area is 133 Å². The van der Waals surface area contributed by atoms with Gasteiger partial charge < -0.3 is 0 Å². The van der Waals surface area contributed by atoms with E-state index >= 15 is 0 Å². The summed E-state index contributed by atoms with van der Waals surface area (Å²) >= 11 is 3.26. The van der Waals surface area contributed by atoms with E-state index in [0.29, 0.717) is 16.7 Å². The van der Waals surface area contributed by atoms with E-state index in [0.717, 1.165) is 23.2 Å². The fraction of sp³-hybridized carbons (Fsp3) is 0.267. The minimum absolute atomic E-state index is 0.266. The first kappa shape index (κ1) is 14.5. The van der Waals surface area contributed by atoms with Crippen LogP contribution < -0.4 is 4.31 Å². The second kappa shape index (κ2) is 5.10. The summed E-state index contributed by atoms with van der Waals surface area (Å²) in [5, 5.41) is 0. The lowest BCUT2D eigenvalue weighted by Gasteiger charge is -2.22. The number of rotatable bonds is 2. The topological polar surface area (TPSA) is 50.3 Å². The molecule has 6 heteroatoms. The summed E-state index contributed by atoms with van der Waals surface area (Å²) in [7, 11) is -3.57. The molecule has 0 atom stereocenters. The summed E-state index contributed by atoms with van der Waals surface area (Å²) in [6.07, 6.45) is 2.17. The molecule has 1 aliphatic heterocycles. The molecular weight excluding hydrogens is 352 g/mol. The third-order valence-corrected chi connectivity index (χ3v) is 6.11.